The van der Waals surface area contributed by atoms with Gasteiger partial charge in [0.15, 0.2) is 15.6 Å². The number of halogens is 1. The van der Waals surface area contributed by atoms with Gasteiger partial charge in [0.05, 0.1) is 33.5 Å². The molecule has 0 radical (unpaired) electrons. The van der Waals surface area contributed by atoms with Crippen LogP contribution < -0.4 is 16.0 Å². The fraction of sp³-hybridized carbons (Fsp3) is 0.167. The maximum absolute atomic E-state index is 12.6. The minimum absolute atomic E-state index is 0.0127. The van der Waals surface area contributed by atoms with Crippen LogP contribution in [0.1, 0.15) is 5.56 Å². The standard InChI is InChI=1S/C30H29ClN8O7S2/c1-18-2-5-21(6-3-18)38-39-24-11-4-19-16-23(48(44,45)46)17-25(26(19)27(24)41)34-30-36-28(31)35-29(37-30)33-20-7-9-22(10-8-20)47(42,43)15-13-32-12-14-40/h2-11,16-17,32,40-41H,12-15H2,1H3,(H,44,45,46)(H2,33,34,35,36,37). The Bertz CT molecular complexity index is 2200. The molecule has 0 fully saturated rings. The van der Waals surface area contributed by atoms with Crippen molar-refractivity contribution in [2.24, 2.45) is 10.2 Å². The van der Waals surface area contributed by atoms with Gasteiger partial charge in [-0.2, -0.15) is 28.5 Å². The minimum Gasteiger partial charge on any atom is -0.505 e. The monoisotopic (exact) mass is 712 g/mol. The number of aromatic hydroxyl groups is 1. The molecule has 5 aromatic rings. The predicted molar refractivity (Wildman–Crippen MR) is 181 cm³/mol. The number of hydrogen-bond donors (Lipinski definition) is 6. The van der Waals surface area contributed by atoms with Crippen molar-refractivity contribution in [2.75, 3.05) is 36.1 Å². The third-order valence-electron chi connectivity index (χ3n) is 6.81. The highest BCUT2D eigenvalue weighted by Crippen LogP contribution is 2.42. The number of aryl methyl sites for hydroxylation is 1. The Hall–Kier alpha value is -4.78. The van der Waals surface area contributed by atoms with Gasteiger partial charge in [-0.15, -0.1) is 5.11 Å². The van der Waals surface area contributed by atoms with Crippen molar-refractivity contribution < 1.29 is 31.6 Å². The molecule has 0 bridgehead atoms. The molecule has 0 aliphatic heterocycles. The smallest absolute Gasteiger partial charge is 0.294 e. The van der Waals surface area contributed by atoms with E-state index in [0.29, 0.717) is 11.4 Å². The van der Waals surface area contributed by atoms with Gasteiger partial charge in [-0.1, -0.05) is 23.8 Å². The highest BCUT2D eigenvalue weighted by molar-refractivity contribution is 7.91. The number of aromatic nitrogens is 3. The lowest BCUT2D eigenvalue weighted by Gasteiger charge is -2.14. The van der Waals surface area contributed by atoms with Gasteiger partial charge < -0.3 is 26.2 Å². The van der Waals surface area contributed by atoms with Gasteiger partial charge in [-0.05, 0) is 78.5 Å². The molecule has 1 aromatic heterocycles. The number of rotatable bonds is 13. The summed E-state index contributed by atoms with van der Waals surface area (Å²) < 4.78 is 59.2. The van der Waals surface area contributed by atoms with Crippen molar-refractivity contribution in [3.05, 3.63) is 83.6 Å². The molecular formula is C30H29ClN8O7S2. The van der Waals surface area contributed by atoms with Gasteiger partial charge in [0, 0.05) is 24.2 Å². The molecule has 0 aliphatic rings. The Labute approximate surface area is 280 Å². The average molecular weight is 713 g/mol. The third-order valence-corrected chi connectivity index (χ3v) is 9.54. The topological polar surface area (TPSA) is 228 Å². The summed E-state index contributed by atoms with van der Waals surface area (Å²) >= 11 is 6.17. The summed E-state index contributed by atoms with van der Waals surface area (Å²) in [5, 5.41) is 37.0. The Morgan fingerprint density at radius 1 is 0.812 bits per heavy atom. The number of azo groups is 1. The van der Waals surface area contributed by atoms with E-state index in [2.05, 4.69) is 41.1 Å². The van der Waals surface area contributed by atoms with Gasteiger partial charge in [0.2, 0.25) is 17.2 Å². The van der Waals surface area contributed by atoms with Crippen LogP contribution in [0.15, 0.2) is 92.8 Å². The maximum Gasteiger partial charge on any atom is 0.294 e. The number of sulfone groups is 1. The van der Waals surface area contributed by atoms with Crippen LogP contribution in [-0.4, -0.2) is 72.0 Å². The van der Waals surface area contributed by atoms with Crippen LogP contribution in [0.4, 0.5) is 34.6 Å². The molecule has 4 aromatic carbocycles. The third kappa shape index (κ3) is 8.57. The first-order chi connectivity index (χ1) is 22.8. The van der Waals surface area contributed by atoms with Crippen molar-refractivity contribution in [3.63, 3.8) is 0 Å². The molecule has 18 heteroatoms. The Kier molecular flexibility index (Phi) is 10.5. The number of benzene rings is 4. The molecule has 5 rings (SSSR count). The highest BCUT2D eigenvalue weighted by Gasteiger charge is 2.19. The summed E-state index contributed by atoms with van der Waals surface area (Å²) in [6.45, 7) is 2.30. The zero-order valence-electron chi connectivity index (χ0n) is 25.2. The molecule has 0 aliphatic carbocycles. The van der Waals surface area contributed by atoms with Crippen LogP contribution in [0, 0.1) is 6.92 Å². The van der Waals surface area contributed by atoms with E-state index in [1.54, 1.807) is 12.1 Å². The molecule has 15 nitrogen and oxygen atoms in total. The lowest BCUT2D eigenvalue weighted by molar-refractivity contribution is 0.293. The Balaban J connectivity index is 1.45. The van der Waals surface area contributed by atoms with Crippen molar-refractivity contribution in [1.82, 2.24) is 20.3 Å². The predicted octanol–water partition coefficient (Wildman–Crippen LogP) is 5.20. The van der Waals surface area contributed by atoms with Crippen LogP contribution in [0.2, 0.25) is 5.28 Å². The van der Waals surface area contributed by atoms with E-state index in [9.17, 15) is 26.5 Å². The zero-order chi connectivity index (χ0) is 34.5. The molecular weight excluding hydrogens is 684 g/mol. The molecule has 250 valence electrons. The molecule has 1 heterocycles. The average Bonchev–Trinajstić information content (AvgIpc) is 3.03. The number of nitrogens with zero attached hydrogens (tertiary/aromatic N) is 5. The van der Waals surface area contributed by atoms with Crippen LogP contribution in [-0.2, 0) is 20.0 Å². The molecule has 0 saturated carbocycles. The summed E-state index contributed by atoms with van der Waals surface area (Å²) in [6, 6.07) is 18.3. The number of aliphatic hydroxyl groups is 1. The summed E-state index contributed by atoms with van der Waals surface area (Å²) in [7, 11) is -8.25. The highest BCUT2D eigenvalue weighted by atomic mass is 35.5. The number of anilines is 4. The maximum atomic E-state index is 12.6. The van der Waals surface area contributed by atoms with Crippen LogP contribution in [0.25, 0.3) is 10.8 Å². The summed E-state index contributed by atoms with van der Waals surface area (Å²) in [5.74, 6) is -0.705. The van der Waals surface area contributed by atoms with E-state index in [0.717, 1.165) is 11.6 Å². The largest absolute Gasteiger partial charge is 0.505 e. The molecule has 0 spiro atoms. The SMILES string of the molecule is Cc1ccc(N=Nc2ccc3cc(S(=O)(=O)O)cc(Nc4nc(Cl)nc(Nc5ccc(S(=O)(=O)CCNCCO)cc5)n4)c3c2O)cc1. The summed E-state index contributed by atoms with van der Waals surface area (Å²) in [6.07, 6.45) is 0. The molecule has 0 amide bonds. The molecule has 0 unspecified atom stereocenters. The van der Waals surface area contributed by atoms with Crippen molar-refractivity contribution >= 4 is 77.0 Å². The number of nitrogens with one attached hydrogen (secondary N) is 3. The van der Waals surface area contributed by atoms with E-state index in [1.165, 1.54) is 42.5 Å². The van der Waals surface area contributed by atoms with Gasteiger partial charge >= 0.3 is 0 Å². The van der Waals surface area contributed by atoms with Crippen molar-refractivity contribution in [1.29, 1.82) is 0 Å². The first-order valence-electron chi connectivity index (χ1n) is 14.2. The molecule has 0 atom stereocenters. The van der Waals surface area contributed by atoms with Crippen molar-refractivity contribution in [3.8, 4) is 5.75 Å². The van der Waals surface area contributed by atoms with Gasteiger partial charge in [-0.25, -0.2) is 8.42 Å². The van der Waals surface area contributed by atoms with E-state index < -0.39 is 24.9 Å². The second kappa shape index (κ2) is 14.5. The Morgan fingerprint density at radius 2 is 1.50 bits per heavy atom. The van der Waals surface area contributed by atoms with E-state index in [4.69, 9.17) is 16.7 Å². The summed E-state index contributed by atoms with van der Waals surface area (Å²) in [5.41, 5.74) is 2.06. The lowest BCUT2D eigenvalue weighted by atomic mass is 10.1. The summed E-state index contributed by atoms with van der Waals surface area (Å²) in [4.78, 5) is 12.0. The number of fused-ring (bicyclic) bond motifs is 1. The first-order valence-corrected chi connectivity index (χ1v) is 17.6. The quantitative estimate of drug-likeness (QED) is 0.0525. The molecule has 0 saturated heterocycles. The van der Waals surface area contributed by atoms with Crippen LogP contribution in [0.5, 0.6) is 5.75 Å². The van der Waals surface area contributed by atoms with E-state index in [1.807, 2.05) is 19.1 Å². The molecule has 6 N–H and O–H groups in total. The second-order valence-electron chi connectivity index (χ2n) is 10.3. The van der Waals surface area contributed by atoms with E-state index >= 15 is 0 Å². The van der Waals surface area contributed by atoms with Crippen LogP contribution >= 0.6 is 11.6 Å². The van der Waals surface area contributed by atoms with Gasteiger partial charge in [0.25, 0.3) is 10.1 Å². The minimum atomic E-state index is -4.67. The lowest BCUT2D eigenvalue weighted by Crippen LogP contribution is -2.25. The number of aliphatic hydroxyl groups excluding tert-OH is 1. The van der Waals surface area contributed by atoms with E-state index in [-0.39, 0.29) is 75.4 Å². The zero-order valence-corrected chi connectivity index (χ0v) is 27.6. The number of hydrogen-bond acceptors (Lipinski definition) is 14. The first kappa shape index (κ1) is 34.6. The number of phenolic OH excluding ortho intramolecular Hbond substituents is 1. The fourth-order valence-electron chi connectivity index (χ4n) is 4.45. The molecule has 48 heavy (non-hydrogen) atoms. The number of phenols is 1. The Morgan fingerprint density at radius 3 is 2.17 bits per heavy atom. The van der Waals surface area contributed by atoms with Crippen molar-refractivity contribution in [2.45, 2.75) is 16.7 Å². The normalized spacial score (nSPS) is 12.1. The second-order valence-corrected chi connectivity index (χ2v) is 14.2. The van der Waals surface area contributed by atoms with Crippen LogP contribution in [0.3, 0.4) is 0 Å². The van der Waals surface area contributed by atoms with Gasteiger partial charge in [0.1, 0.15) is 5.69 Å². The van der Waals surface area contributed by atoms with Gasteiger partial charge in [-0.3, -0.25) is 4.55 Å². The fourth-order valence-corrected chi connectivity index (χ4v) is 6.35.